The van der Waals surface area contributed by atoms with Gasteiger partial charge in [0.05, 0.1) is 16.4 Å². The van der Waals surface area contributed by atoms with Gasteiger partial charge in [-0.3, -0.25) is 14.2 Å². The predicted octanol–water partition coefficient (Wildman–Crippen LogP) is 0.445. The van der Waals surface area contributed by atoms with Gasteiger partial charge in [-0.15, -0.1) is 23.7 Å². The van der Waals surface area contributed by atoms with E-state index in [-0.39, 0.29) is 29.8 Å². The summed E-state index contributed by atoms with van der Waals surface area (Å²) in [6, 6.07) is 0. The minimum atomic E-state index is -0.428. The van der Waals surface area contributed by atoms with Crippen molar-refractivity contribution in [3.8, 4) is 0 Å². The molecule has 0 radical (unpaired) electrons. The third kappa shape index (κ3) is 3.08. The molecule has 2 aromatic rings. The monoisotopic (exact) mass is 384 g/mol. The molecule has 25 heavy (non-hydrogen) atoms. The molecule has 136 valence electrons. The molecule has 0 aromatic carbocycles. The van der Waals surface area contributed by atoms with Crippen LogP contribution in [0.3, 0.4) is 0 Å². The van der Waals surface area contributed by atoms with Crippen LogP contribution < -0.4 is 16.2 Å². The van der Waals surface area contributed by atoms with Gasteiger partial charge < -0.3 is 15.7 Å². The molecule has 0 saturated carbocycles. The van der Waals surface area contributed by atoms with Crippen molar-refractivity contribution < 1.29 is 9.90 Å². The van der Waals surface area contributed by atoms with Crippen molar-refractivity contribution in [1.82, 2.24) is 20.2 Å². The Bertz CT molecular complexity index is 878. The van der Waals surface area contributed by atoms with Crippen LogP contribution in [0.2, 0.25) is 0 Å². The first-order valence-corrected chi connectivity index (χ1v) is 9.07. The lowest BCUT2D eigenvalue weighted by Gasteiger charge is -2.13. The van der Waals surface area contributed by atoms with Gasteiger partial charge >= 0.3 is 0 Å². The van der Waals surface area contributed by atoms with Gasteiger partial charge in [0, 0.05) is 38.5 Å². The van der Waals surface area contributed by atoms with Crippen molar-refractivity contribution in [1.29, 1.82) is 0 Å². The zero-order chi connectivity index (χ0) is 16.8. The minimum absolute atomic E-state index is 0. The molecule has 7 nitrogen and oxygen atoms in total. The van der Waals surface area contributed by atoms with Crippen LogP contribution in [-0.2, 0) is 13.0 Å². The molecule has 9 heteroatoms. The van der Waals surface area contributed by atoms with E-state index in [4.69, 9.17) is 0 Å². The summed E-state index contributed by atoms with van der Waals surface area (Å²) in [6.07, 6.45) is 1.34. The molecule has 2 aliphatic rings. The number of amides is 1. The van der Waals surface area contributed by atoms with Crippen molar-refractivity contribution in [2.45, 2.75) is 32.4 Å². The standard InChI is InChI=1S/C16H20N4O3S.ClH/c1-8-12-15(19-11-3-2-4-20(11)16(12)23)24-13(8)14(22)18-6-9-5-17-7-10(9)21;/h9-10,17,21H,2-7H2,1H3,(H,18,22);1H. The number of thiophene rings is 1. The normalized spacial score (nSPS) is 22.0. The molecule has 4 heterocycles. The van der Waals surface area contributed by atoms with E-state index >= 15 is 0 Å². The number of rotatable bonds is 3. The number of carbonyl (C=O) groups is 1. The number of aliphatic hydroxyl groups is 1. The smallest absolute Gasteiger partial charge is 0.262 e. The Balaban J connectivity index is 0.00000182. The van der Waals surface area contributed by atoms with E-state index in [0.717, 1.165) is 18.7 Å². The molecule has 0 aliphatic carbocycles. The number of aromatic nitrogens is 2. The number of fused-ring (bicyclic) bond motifs is 2. The average molecular weight is 385 g/mol. The molecule has 2 aliphatic heterocycles. The van der Waals surface area contributed by atoms with E-state index in [1.807, 2.05) is 6.92 Å². The lowest BCUT2D eigenvalue weighted by atomic mass is 10.1. The van der Waals surface area contributed by atoms with Gasteiger partial charge in [0.25, 0.3) is 11.5 Å². The Labute approximate surface area is 154 Å². The number of nitrogens with zero attached hydrogens (tertiary/aromatic N) is 2. The van der Waals surface area contributed by atoms with E-state index in [0.29, 0.717) is 46.8 Å². The summed E-state index contributed by atoms with van der Waals surface area (Å²) in [4.78, 5) is 30.9. The average Bonchev–Trinajstić information content (AvgIpc) is 3.25. The molecule has 0 bridgehead atoms. The predicted molar refractivity (Wildman–Crippen MR) is 98.9 cm³/mol. The van der Waals surface area contributed by atoms with Crippen LogP contribution in [0.15, 0.2) is 4.79 Å². The molecule has 2 unspecified atom stereocenters. The number of aliphatic hydroxyl groups excluding tert-OH is 1. The Hall–Kier alpha value is -1.48. The van der Waals surface area contributed by atoms with Crippen LogP contribution in [-0.4, -0.2) is 46.3 Å². The minimum Gasteiger partial charge on any atom is -0.391 e. The molecule has 1 fully saturated rings. The Morgan fingerprint density at radius 2 is 2.28 bits per heavy atom. The molecule has 0 spiro atoms. The fraction of sp³-hybridized carbons (Fsp3) is 0.562. The van der Waals surface area contributed by atoms with Crippen LogP contribution in [0.4, 0.5) is 0 Å². The maximum atomic E-state index is 12.6. The third-order valence-electron chi connectivity index (χ3n) is 4.95. The molecular formula is C16H21ClN4O3S. The van der Waals surface area contributed by atoms with Crippen molar-refractivity contribution in [2.75, 3.05) is 19.6 Å². The fourth-order valence-electron chi connectivity index (χ4n) is 3.52. The third-order valence-corrected chi connectivity index (χ3v) is 6.13. The van der Waals surface area contributed by atoms with E-state index in [9.17, 15) is 14.7 Å². The highest BCUT2D eigenvalue weighted by Gasteiger charge is 2.27. The second kappa shape index (κ2) is 7.03. The first kappa shape index (κ1) is 18.3. The highest BCUT2D eigenvalue weighted by Crippen LogP contribution is 2.28. The molecule has 3 N–H and O–H groups in total. The van der Waals surface area contributed by atoms with Gasteiger partial charge in [0.2, 0.25) is 0 Å². The Morgan fingerprint density at radius 3 is 3.00 bits per heavy atom. The van der Waals surface area contributed by atoms with Crippen molar-refractivity contribution >= 4 is 39.9 Å². The summed E-state index contributed by atoms with van der Waals surface area (Å²) in [5, 5.41) is 16.4. The molecular weight excluding hydrogens is 364 g/mol. The number of halogens is 1. The van der Waals surface area contributed by atoms with E-state index < -0.39 is 6.10 Å². The summed E-state index contributed by atoms with van der Waals surface area (Å²) in [7, 11) is 0. The lowest BCUT2D eigenvalue weighted by molar-refractivity contribution is 0.0930. The molecule has 4 rings (SSSR count). The van der Waals surface area contributed by atoms with Gasteiger partial charge in [0.1, 0.15) is 10.7 Å². The molecule has 1 amide bonds. The zero-order valence-corrected chi connectivity index (χ0v) is 15.5. The van der Waals surface area contributed by atoms with Crippen LogP contribution in [0.1, 0.15) is 27.5 Å². The SMILES string of the molecule is Cc1c(C(=O)NCC2CNCC2O)sc2nc3n(c(=O)c12)CCC3.Cl. The van der Waals surface area contributed by atoms with Crippen molar-refractivity contribution in [3.63, 3.8) is 0 Å². The highest BCUT2D eigenvalue weighted by atomic mass is 35.5. The Kier molecular flexibility index (Phi) is 5.15. The van der Waals surface area contributed by atoms with Crippen molar-refractivity contribution in [3.05, 3.63) is 26.6 Å². The first-order chi connectivity index (χ1) is 11.6. The zero-order valence-electron chi connectivity index (χ0n) is 13.9. The number of β-amino-alcohol motifs (C(OH)–C–C–N with tert-alkyl or cyclic N) is 1. The summed E-state index contributed by atoms with van der Waals surface area (Å²) < 4.78 is 1.73. The van der Waals surface area contributed by atoms with E-state index in [1.165, 1.54) is 11.3 Å². The summed E-state index contributed by atoms with van der Waals surface area (Å²) in [6.45, 7) is 4.20. The van der Waals surface area contributed by atoms with Gasteiger partial charge in [0.15, 0.2) is 0 Å². The second-order valence-electron chi connectivity index (χ2n) is 6.52. The van der Waals surface area contributed by atoms with Crippen LogP contribution >= 0.6 is 23.7 Å². The van der Waals surface area contributed by atoms with Gasteiger partial charge in [-0.1, -0.05) is 0 Å². The van der Waals surface area contributed by atoms with Gasteiger partial charge in [-0.25, -0.2) is 4.98 Å². The number of hydrogen-bond acceptors (Lipinski definition) is 6. The summed E-state index contributed by atoms with van der Waals surface area (Å²) >= 11 is 1.28. The van der Waals surface area contributed by atoms with E-state index in [2.05, 4.69) is 15.6 Å². The number of hydrogen-bond donors (Lipinski definition) is 3. The summed E-state index contributed by atoms with van der Waals surface area (Å²) in [5.41, 5.74) is 0.674. The largest absolute Gasteiger partial charge is 0.391 e. The molecule has 2 aromatic heterocycles. The quantitative estimate of drug-likeness (QED) is 0.713. The summed E-state index contributed by atoms with van der Waals surface area (Å²) in [5.74, 6) is 0.649. The molecule has 1 saturated heterocycles. The van der Waals surface area contributed by atoms with Crippen molar-refractivity contribution in [2.24, 2.45) is 5.92 Å². The highest BCUT2D eigenvalue weighted by molar-refractivity contribution is 7.20. The Morgan fingerprint density at radius 1 is 1.48 bits per heavy atom. The van der Waals surface area contributed by atoms with Gasteiger partial charge in [-0.2, -0.15) is 0 Å². The topological polar surface area (TPSA) is 96.2 Å². The van der Waals surface area contributed by atoms with Crippen LogP contribution in [0.5, 0.6) is 0 Å². The number of aryl methyl sites for hydroxylation is 2. The maximum Gasteiger partial charge on any atom is 0.262 e. The van der Waals surface area contributed by atoms with Crippen LogP contribution in [0.25, 0.3) is 10.2 Å². The van der Waals surface area contributed by atoms with E-state index in [1.54, 1.807) is 4.57 Å². The first-order valence-electron chi connectivity index (χ1n) is 8.26. The molecule has 2 atom stereocenters. The maximum absolute atomic E-state index is 12.6. The number of nitrogens with one attached hydrogen (secondary N) is 2. The second-order valence-corrected chi connectivity index (χ2v) is 7.52. The fourth-order valence-corrected chi connectivity index (χ4v) is 4.63. The number of carbonyl (C=O) groups excluding carboxylic acids is 1. The van der Waals surface area contributed by atoms with Gasteiger partial charge in [-0.05, 0) is 18.9 Å². The lowest BCUT2D eigenvalue weighted by Crippen LogP contribution is -2.34. The van der Waals surface area contributed by atoms with Crippen LogP contribution in [0, 0.1) is 12.8 Å².